The molecular weight excluding hydrogens is 212 g/mol. The minimum atomic E-state index is -0.105. The zero-order valence-corrected chi connectivity index (χ0v) is 11.2. The maximum absolute atomic E-state index is 12.6. The Morgan fingerprint density at radius 2 is 1.76 bits per heavy atom. The maximum Gasteiger partial charge on any atom is 0.228 e. The van der Waals surface area contributed by atoms with Crippen molar-refractivity contribution in [3.8, 4) is 0 Å². The van der Waals surface area contributed by atoms with Gasteiger partial charge in [0.25, 0.3) is 0 Å². The van der Waals surface area contributed by atoms with Crippen LogP contribution in [0.3, 0.4) is 0 Å². The Bertz CT molecular complexity index is 284. The summed E-state index contributed by atoms with van der Waals surface area (Å²) in [7, 11) is 1.96. The van der Waals surface area contributed by atoms with Crippen LogP contribution in [0, 0.1) is 5.41 Å². The van der Waals surface area contributed by atoms with Crippen molar-refractivity contribution in [3.63, 3.8) is 0 Å². The molecule has 0 saturated heterocycles. The van der Waals surface area contributed by atoms with E-state index >= 15 is 0 Å². The maximum atomic E-state index is 12.6. The second-order valence-corrected chi connectivity index (χ2v) is 6.20. The van der Waals surface area contributed by atoms with Crippen LogP contribution in [-0.2, 0) is 4.79 Å². The predicted molar refractivity (Wildman–Crippen MR) is 69.6 cm³/mol. The van der Waals surface area contributed by atoms with Gasteiger partial charge in [-0.05, 0) is 25.7 Å². The zero-order valence-electron chi connectivity index (χ0n) is 11.2. The summed E-state index contributed by atoms with van der Waals surface area (Å²) in [4.78, 5) is 14.5. The Morgan fingerprint density at radius 1 is 1.18 bits per heavy atom. The molecule has 17 heavy (non-hydrogen) atoms. The summed E-state index contributed by atoms with van der Waals surface area (Å²) in [5, 5.41) is 0. The standard InChI is InChI=1S/C14H26N2O/c1-14(9-5-6-10-14)13(17)16(2)12-8-4-3-7-11(12)15/h11-12H,3-10,15H2,1-2H3. The number of carbonyl (C=O) groups excluding carboxylic acids is 1. The number of hydrogen-bond acceptors (Lipinski definition) is 2. The minimum Gasteiger partial charge on any atom is -0.341 e. The van der Waals surface area contributed by atoms with Crippen molar-refractivity contribution in [1.82, 2.24) is 4.90 Å². The van der Waals surface area contributed by atoms with E-state index in [0.29, 0.717) is 5.91 Å². The highest BCUT2D eigenvalue weighted by molar-refractivity contribution is 5.82. The van der Waals surface area contributed by atoms with Crippen molar-refractivity contribution < 1.29 is 4.79 Å². The molecule has 0 aliphatic heterocycles. The van der Waals surface area contributed by atoms with Crippen LogP contribution in [0.2, 0.25) is 0 Å². The monoisotopic (exact) mass is 238 g/mol. The third-order valence-electron chi connectivity index (χ3n) is 4.82. The SMILES string of the molecule is CN(C(=O)C1(C)CCCC1)C1CCCCC1N. The van der Waals surface area contributed by atoms with E-state index in [1.807, 2.05) is 11.9 Å². The van der Waals surface area contributed by atoms with E-state index in [4.69, 9.17) is 5.73 Å². The highest BCUT2D eigenvalue weighted by atomic mass is 16.2. The molecule has 2 aliphatic carbocycles. The molecule has 3 heteroatoms. The van der Waals surface area contributed by atoms with Crippen LogP contribution in [0.5, 0.6) is 0 Å². The topological polar surface area (TPSA) is 46.3 Å². The summed E-state index contributed by atoms with van der Waals surface area (Å²) in [6, 6.07) is 0.455. The third-order valence-corrected chi connectivity index (χ3v) is 4.82. The molecule has 0 aromatic heterocycles. The van der Waals surface area contributed by atoms with Gasteiger partial charge in [-0.25, -0.2) is 0 Å². The van der Waals surface area contributed by atoms with E-state index in [1.165, 1.54) is 25.7 Å². The van der Waals surface area contributed by atoms with Gasteiger partial charge in [0, 0.05) is 24.5 Å². The lowest BCUT2D eigenvalue weighted by atomic mass is 9.84. The molecule has 2 saturated carbocycles. The number of likely N-dealkylation sites (N-methyl/N-ethyl adjacent to an activating group) is 1. The molecule has 1 amide bonds. The summed E-state index contributed by atoms with van der Waals surface area (Å²) in [6.45, 7) is 2.13. The van der Waals surface area contributed by atoms with Crippen LogP contribution in [-0.4, -0.2) is 29.9 Å². The van der Waals surface area contributed by atoms with Crippen LogP contribution in [0.25, 0.3) is 0 Å². The molecule has 0 spiro atoms. The summed E-state index contributed by atoms with van der Waals surface area (Å²) in [6.07, 6.45) is 9.10. The number of nitrogens with two attached hydrogens (primary N) is 1. The van der Waals surface area contributed by atoms with Gasteiger partial charge < -0.3 is 10.6 Å². The summed E-state index contributed by atoms with van der Waals surface area (Å²) in [5.41, 5.74) is 6.06. The van der Waals surface area contributed by atoms with E-state index in [1.54, 1.807) is 0 Å². The number of amides is 1. The highest BCUT2D eigenvalue weighted by Gasteiger charge is 2.41. The second-order valence-electron chi connectivity index (χ2n) is 6.20. The van der Waals surface area contributed by atoms with Gasteiger partial charge in [-0.3, -0.25) is 4.79 Å². The summed E-state index contributed by atoms with van der Waals surface area (Å²) < 4.78 is 0. The molecule has 0 heterocycles. The van der Waals surface area contributed by atoms with E-state index in [-0.39, 0.29) is 17.5 Å². The first-order valence-electron chi connectivity index (χ1n) is 7.07. The van der Waals surface area contributed by atoms with Crippen molar-refractivity contribution >= 4 is 5.91 Å². The number of hydrogen-bond donors (Lipinski definition) is 1. The van der Waals surface area contributed by atoms with E-state index in [2.05, 4.69) is 6.92 Å². The van der Waals surface area contributed by atoms with Crippen LogP contribution in [0.4, 0.5) is 0 Å². The first-order chi connectivity index (χ1) is 8.04. The first kappa shape index (κ1) is 12.9. The fraction of sp³-hybridized carbons (Fsp3) is 0.929. The minimum absolute atomic E-state index is 0.105. The predicted octanol–water partition coefficient (Wildman–Crippen LogP) is 2.29. The number of nitrogens with zero attached hydrogens (tertiary/aromatic N) is 1. The quantitative estimate of drug-likeness (QED) is 0.802. The molecule has 2 aliphatic rings. The zero-order chi connectivity index (χ0) is 12.5. The fourth-order valence-corrected chi connectivity index (χ4v) is 3.57. The van der Waals surface area contributed by atoms with Gasteiger partial charge in [-0.1, -0.05) is 32.6 Å². The average Bonchev–Trinajstić information content (AvgIpc) is 2.76. The molecule has 2 rings (SSSR count). The van der Waals surface area contributed by atoms with Crippen molar-refractivity contribution in [3.05, 3.63) is 0 Å². The molecule has 2 unspecified atom stereocenters. The fourth-order valence-electron chi connectivity index (χ4n) is 3.57. The molecule has 2 N–H and O–H groups in total. The Labute approximate surface area is 105 Å². The lowest BCUT2D eigenvalue weighted by Crippen LogP contribution is -2.53. The normalized spacial score (nSPS) is 32.4. The molecule has 0 bridgehead atoms. The first-order valence-corrected chi connectivity index (χ1v) is 7.07. The van der Waals surface area contributed by atoms with Crippen molar-refractivity contribution in [2.75, 3.05) is 7.05 Å². The third kappa shape index (κ3) is 2.49. The Hall–Kier alpha value is -0.570. The van der Waals surface area contributed by atoms with Crippen LogP contribution < -0.4 is 5.73 Å². The van der Waals surface area contributed by atoms with Gasteiger partial charge >= 0.3 is 0 Å². The largest absolute Gasteiger partial charge is 0.341 e. The second kappa shape index (κ2) is 4.97. The van der Waals surface area contributed by atoms with Gasteiger partial charge in [0.05, 0.1) is 0 Å². The molecule has 2 fully saturated rings. The highest BCUT2D eigenvalue weighted by Crippen LogP contribution is 2.39. The smallest absolute Gasteiger partial charge is 0.228 e. The van der Waals surface area contributed by atoms with Crippen molar-refractivity contribution in [2.24, 2.45) is 11.1 Å². The van der Waals surface area contributed by atoms with Crippen molar-refractivity contribution in [1.29, 1.82) is 0 Å². The molecule has 0 radical (unpaired) electrons. The molecule has 2 atom stereocenters. The van der Waals surface area contributed by atoms with E-state index in [9.17, 15) is 4.79 Å². The Balaban J connectivity index is 2.03. The van der Waals surface area contributed by atoms with Crippen LogP contribution >= 0.6 is 0 Å². The molecular formula is C14H26N2O. The van der Waals surface area contributed by atoms with Gasteiger partial charge in [-0.2, -0.15) is 0 Å². The van der Waals surface area contributed by atoms with Gasteiger partial charge in [0.1, 0.15) is 0 Å². The molecule has 3 nitrogen and oxygen atoms in total. The Morgan fingerprint density at radius 3 is 2.35 bits per heavy atom. The van der Waals surface area contributed by atoms with Crippen LogP contribution in [0.15, 0.2) is 0 Å². The van der Waals surface area contributed by atoms with Gasteiger partial charge in [0.2, 0.25) is 5.91 Å². The summed E-state index contributed by atoms with van der Waals surface area (Å²) >= 11 is 0. The van der Waals surface area contributed by atoms with Crippen LogP contribution in [0.1, 0.15) is 58.3 Å². The average molecular weight is 238 g/mol. The molecule has 0 aromatic carbocycles. The molecule has 98 valence electrons. The van der Waals surface area contributed by atoms with Crippen molar-refractivity contribution in [2.45, 2.75) is 70.4 Å². The molecule has 0 aromatic rings. The lowest BCUT2D eigenvalue weighted by Gasteiger charge is -2.39. The Kier molecular flexibility index (Phi) is 3.76. The number of rotatable bonds is 2. The van der Waals surface area contributed by atoms with Gasteiger partial charge in [0.15, 0.2) is 0 Å². The van der Waals surface area contributed by atoms with E-state index < -0.39 is 0 Å². The lowest BCUT2D eigenvalue weighted by molar-refractivity contribution is -0.142. The summed E-state index contributed by atoms with van der Waals surface area (Å²) in [5.74, 6) is 0.331. The van der Waals surface area contributed by atoms with E-state index in [0.717, 1.165) is 25.7 Å². The van der Waals surface area contributed by atoms with Gasteiger partial charge in [-0.15, -0.1) is 0 Å². The number of carbonyl (C=O) groups is 1.